The molecule has 0 amide bonds. The molecule has 1 rings (SSSR count). The van der Waals surface area contributed by atoms with Gasteiger partial charge in [-0.3, -0.25) is 4.90 Å². The molecule has 0 aromatic heterocycles. The molecule has 0 saturated carbocycles. The molecule has 0 N–H and O–H groups in total. The van der Waals surface area contributed by atoms with Crippen molar-refractivity contribution in [3.8, 4) is 0 Å². The highest BCUT2D eigenvalue weighted by Crippen LogP contribution is 2.13. The molecule has 1 aliphatic rings. The van der Waals surface area contributed by atoms with Gasteiger partial charge in [-0.1, -0.05) is 18.2 Å². The molecule has 0 radical (unpaired) electrons. The van der Waals surface area contributed by atoms with Gasteiger partial charge in [-0.2, -0.15) is 0 Å². The lowest BCUT2D eigenvalue weighted by Crippen LogP contribution is -2.31. The first-order valence-electron chi connectivity index (χ1n) is 4.33. The first-order chi connectivity index (χ1) is 5.33. The van der Waals surface area contributed by atoms with Gasteiger partial charge in [-0.25, -0.2) is 0 Å². The third kappa shape index (κ3) is 2.89. The van der Waals surface area contributed by atoms with E-state index in [0.29, 0.717) is 0 Å². The van der Waals surface area contributed by atoms with E-state index in [4.69, 9.17) is 0 Å². The maximum atomic E-state index is 4.00. The number of hydrogen-bond donors (Lipinski definition) is 0. The first-order valence-corrected chi connectivity index (χ1v) is 4.33. The summed E-state index contributed by atoms with van der Waals surface area (Å²) in [5.74, 6) is 0. The summed E-state index contributed by atoms with van der Waals surface area (Å²) in [5, 5.41) is 0. The molecule has 1 aliphatic heterocycles. The van der Waals surface area contributed by atoms with Crippen LogP contribution in [0.2, 0.25) is 0 Å². The van der Waals surface area contributed by atoms with E-state index in [1.165, 1.54) is 25.0 Å². The van der Waals surface area contributed by atoms with Crippen molar-refractivity contribution in [2.24, 2.45) is 0 Å². The van der Waals surface area contributed by atoms with Crippen molar-refractivity contribution in [3.05, 3.63) is 24.8 Å². The van der Waals surface area contributed by atoms with Crippen LogP contribution in [-0.4, -0.2) is 24.5 Å². The molecule has 11 heavy (non-hydrogen) atoms. The molecule has 1 fully saturated rings. The Morgan fingerprint density at radius 2 is 2.36 bits per heavy atom. The second-order valence-corrected chi connectivity index (χ2v) is 3.21. The average Bonchev–Trinajstić information content (AvgIpc) is 2.01. The average molecular weight is 151 g/mol. The first kappa shape index (κ1) is 8.54. The number of likely N-dealkylation sites (tertiary alicyclic amines) is 1. The van der Waals surface area contributed by atoms with Crippen LogP contribution in [0.5, 0.6) is 0 Å². The van der Waals surface area contributed by atoms with Crippen molar-refractivity contribution in [3.63, 3.8) is 0 Å². The molecule has 0 unspecified atom stereocenters. The Bertz CT molecular complexity index is 149. The Hall–Kier alpha value is -0.560. The van der Waals surface area contributed by atoms with Gasteiger partial charge in [0, 0.05) is 13.1 Å². The molecule has 1 heteroatoms. The summed E-state index contributed by atoms with van der Waals surface area (Å²) >= 11 is 0. The predicted molar refractivity (Wildman–Crippen MR) is 49.6 cm³/mol. The van der Waals surface area contributed by atoms with E-state index in [0.717, 1.165) is 19.5 Å². The van der Waals surface area contributed by atoms with Crippen molar-refractivity contribution in [1.82, 2.24) is 4.90 Å². The van der Waals surface area contributed by atoms with Crippen LogP contribution in [-0.2, 0) is 0 Å². The molecule has 62 valence electrons. The van der Waals surface area contributed by atoms with Crippen molar-refractivity contribution < 1.29 is 0 Å². The van der Waals surface area contributed by atoms with Gasteiger partial charge in [0.2, 0.25) is 0 Å². The molecule has 0 spiro atoms. The van der Waals surface area contributed by atoms with Crippen molar-refractivity contribution in [2.45, 2.75) is 19.3 Å². The van der Waals surface area contributed by atoms with Crippen LogP contribution in [0.15, 0.2) is 24.8 Å². The van der Waals surface area contributed by atoms with Gasteiger partial charge < -0.3 is 0 Å². The standard InChI is InChI=1S/C10H17N/c1-3-4-7-11-8-5-6-10(2)9-11/h3H,1-2,4-9H2. The second kappa shape index (κ2) is 4.35. The summed E-state index contributed by atoms with van der Waals surface area (Å²) < 4.78 is 0. The van der Waals surface area contributed by atoms with Crippen molar-refractivity contribution in [2.75, 3.05) is 19.6 Å². The van der Waals surface area contributed by atoms with Crippen LogP contribution < -0.4 is 0 Å². The van der Waals surface area contributed by atoms with Gasteiger partial charge in [0.15, 0.2) is 0 Å². The van der Waals surface area contributed by atoms with Crippen LogP contribution in [0.3, 0.4) is 0 Å². The summed E-state index contributed by atoms with van der Waals surface area (Å²) in [6.07, 6.45) is 5.60. The highest BCUT2D eigenvalue weighted by atomic mass is 15.1. The van der Waals surface area contributed by atoms with E-state index in [2.05, 4.69) is 18.1 Å². The fourth-order valence-corrected chi connectivity index (χ4v) is 1.49. The van der Waals surface area contributed by atoms with Gasteiger partial charge in [-0.05, 0) is 25.8 Å². The van der Waals surface area contributed by atoms with Crippen LogP contribution in [0.25, 0.3) is 0 Å². The molecule has 0 atom stereocenters. The fraction of sp³-hybridized carbons (Fsp3) is 0.600. The lowest BCUT2D eigenvalue weighted by Gasteiger charge is -2.27. The summed E-state index contributed by atoms with van der Waals surface area (Å²) in [4.78, 5) is 2.45. The third-order valence-corrected chi connectivity index (χ3v) is 2.10. The lowest BCUT2D eigenvalue weighted by molar-refractivity contribution is 0.271. The Labute approximate surface area is 69.4 Å². The van der Waals surface area contributed by atoms with Crippen molar-refractivity contribution >= 4 is 0 Å². The Balaban J connectivity index is 2.22. The second-order valence-electron chi connectivity index (χ2n) is 3.21. The molecule has 0 aromatic rings. The van der Waals surface area contributed by atoms with E-state index < -0.39 is 0 Å². The molecule has 0 aromatic carbocycles. The predicted octanol–water partition coefficient (Wildman–Crippen LogP) is 2.21. The summed E-state index contributed by atoms with van der Waals surface area (Å²) in [6.45, 7) is 11.2. The summed E-state index contributed by atoms with van der Waals surface area (Å²) in [7, 11) is 0. The Morgan fingerprint density at radius 3 is 3.00 bits per heavy atom. The Kier molecular flexibility index (Phi) is 3.37. The van der Waals surface area contributed by atoms with E-state index in [-0.39, 0.29) is 0 Å². The third-order valence-electron chi connectivity index (χ3n) is 2.10. The van der Waals surface area contributed by atoms with Gasteiger partial charge >= 0.3 is 0 Å². The van der Waals surface area contributed by atoms with Crippen LogP contribution in [0, 0.1) is 0 Å². The molecule has 1 heterocycles. The van der Waals surface area contributed by atoms with E-state index >= 15 is 0 Å². The zero-order chi connectivity index (χ0) is 8.10. The zero-order valence-electron chi connectivity index (χ0n) is 7.18. The lowest BCUT2D eigenvalue weighted by atomic mass is 10.1. The van der Waals surface area contributed by atoms with Crippen LogP contribution in [0.1, 0.15) is 19.3 Å². The number of nitrogens with zero attached hydrogens (tertiary/aromatic N) is 1. The molecule has 1 saturated heterocycles. The normalized spacial score (nSPS) is 20.2. The topological polar surface area (TPSA) is 3.24 Å². The summed E-state index contributed by atoms with van der Waals surface area (Å²) in [5.41, 5.74) is 1.39. The highest BCUT2D eigenvalue weighted by Gasteiger charge is 2.10. The Morgan fingerprint density at radius 1 is 1.55 bits per heavy atom. The molecular weight excluding hydrogens is 134 g/mol. The smallest absolute Gasteiger partial charge is 0.0190 e. The zero-order valence-corrected chi connectivity index (χ0v) is 7.18. The van der Waals surface area contributed by atoms with Crippen LogP contribution >= 0.6 is 0 Å². The largest absolute Gasteiger partial charge is 0.299 e. The van der Waals surface area contributed by atoms with Crippen LogP contribution in [0.4, 0.5) is 0 Å². The fourth-order valence-electron chi connectivity index (χ4n) is 1.49. The summed E-state index contributed by atoms with van der Waals surface area (Å²) in [6, 6.07) is 0. The van der Waals surface area contributed by atoms with Gasteiger partial charge in [0.1, 0.15) is 0 Å². The van der Waals surface area contributed by atoms with Gasteiger partial charge in [0.25, 0.3) is 0 Å². The maximum absolute atomic E-state index is 4.00. The van der Waals surface area contributed by atoms with E-state index in [9.17, 15) is 0 Å². The maximum Gasteiger partial charge on any atom is 0.0190 e. The SMILES string of the molecule is C=CCCN1CCCC(=C)C1. The van der Waals surface area contributed by atoms with E-state index in [1.54, 1.807) is 0 Å². The highest BCUT2D eigenvalue weighted by molar-refractivity contribution is 5.00. The number of piperidine rings is 1. The number of rotatable bonds is 3. The molecule has 0 bridgehead atoms. The molecule has 1 nitrogen and oxygen atoms in total. The minimum absolute atomic E-state index is 1.10. The van der Waals surface area contributed by atoms with Gasteiger partial charge in [0.05, 0.1) is 0 Å². The molecular formula is C10H17N. The number of hydrogen-bond acceptors (Lipinski definition) is 1. The quantitative estimate of drug-likeness (QED) is 0.559. The van der Waals surface area contributed by atoms with Crippen molar-refractivity contribution in [1.29, 1.82) is 0 Å². The minimum Gasteiger partial charge on any atom is -0.299 e. The minimum atomic E-state index is 1.10. The monoisotopic (exact) mass is 151 g/mol. The molecule has 0 aliphatic carbocycles. The van der Waals surface area contributed by atoms with Gasteiger partial charge in [-0.15, -0.1) is 6.58 Å². The van der Waals surface area contributed by atoms with E-state index in [1.807, 2.05) is 6.08 Å².